The highest BCUT2D eigenvalue weighted by Gasteiger charge is 2.40. The Bertz CT molecular complexity index is 1030. The van der Waals surface area contributed by atoms with Gasteiger partial charge >= 0.3 is 6.18 Å². The minimum absolute atomic E-state index is 0.189. The van der Waals surface area contributed by atoms with Gasteiger partial charge in [-0.2, -0.15) is 13.2 Å². The molecule has 0 aromatic carbocycles. The maximum Gasteiger partial charge on any atom is 0.417 e. The number of carbonyl (C=O) groups is 1. The van der Waals surface area contributed by atoms with Crippen LogP contribution in [0.15, 0.2) is 36.1 Å². The molecule has 0 saturated carbocycles. The quantitative estimate of drug-likeness (QED) is 0.690. The Hall–Kier alpha value is -2.99. The number of hydrazine groups is 2. The third kappa shape index (κ3) is 3.41. The van der Waals surface area contributed by atoms with Gasteiger partial charge in [0.05, 0.1) is 40.4 Å². The lowest BCUT2D eigenvalue weighted by Crippen LogP contribution is -2.46. The summed E-state index contributed by atoms with van der Waals surface area (Å²) in [6, 6.07) is 0.189. The van der Waals surface area contributed by atoms with E-state index in [1.165, 1.54) is 9.91 Å². The second-order valence-corrected chi connectivity index (χ2v) is 6.96. The van der Waals surface area contributed by atoms with Crippen molar-refractivity contribution in [2.45, 2.75) is 25.6 Å². The molecule has 1 atom stereocenters. The summed E-state index contributed by atoms with van der Waals surface area (Å²) in [5, 5.41) is 0.781. The van der Waals surface area contributed by atoms with Gasteiger partial charge in [0.15, 0.2) is 5.82 Å². The number of hydrogen-bond acceptors (Lipinski definition) is 7. The van der Waals surface area contributed by atoms with Crippen molar-refractivity contribution < 1.29 is 22.4 Å². The predicted molar refractivity (Wildman–Crippen MR) is 97.1 cm³/mol. The molecule has 0 fully saturated rings. The molecular weight excluding hydrogens is 430 g/mol. The van der Waals surface area contributed by atoms with Gasteiger partial charge in [0, 0.05) is 19.2 Å². The average molecular weight is 444 g/mol. The van der Waals surface area contributed by atoms with E-state index in [1.807, 2.05) is 0 Å². The summed E-state index contributed by atoms with van der Waals surface area (Å²) in [4.78, 5) is 25.9. The molecule has 2 aliphatic rings. The van der Waals surface area contributed by atoms with Crippen molar-refractivity contribution in [2.24, 2.45) is 0 Å². The Labute approximate surface area is 172 Å². The van der Waals surface area contributed by atoms with Crippen LogP contribution in [-0.4, -0.2) is 38.3 Å². The molecule has 13 heteroatoms. The Morgan fingerprint density at radius 2 is 1.97 bits per heavy atom. The van der Waals surface area contributed by atoms with Crippen molar-refractivity contribution >= 4 is 23.5 Å². The number of rotatable bonds is 2. The summed E-state index contributed by atoms with van der Waals surface area (Å²) in [7, 11) is 0. The van der Waals surface area contributed by atoms with Crippen molar-refractivity contribution in [1.82, 2.24) is 30.8 Å². The maximum atomic E-state index is 13.1. The first-order chi connectivity index (χ1) is 14.2. The Morgan fingerprint density at radius 3 is 2.63 bits per heavy atom. The minimum Gasteiger partial charge on any atom is -0.329 e. The molecule has 2 aliphatic heterocycles. The van der Waals surface area contributed by atoms with Gasteiger partial charge < -0.3 is 10.3 Å². The molecule has 0 bridgehead atoms. The van der Waals surface area contributed by atoms with Crippen LogP contribution in [-0.2, 0) is 6.18 Å². The molecule has 4 heterocycles. The number of nitrogens with zero attached hydrogens (tertiary/aromatic N) is 5. The van der Waals surface area contributed by atoms with E-state index in [0.29, 0.717) is 12.1 Å². The van der Waals surface area contributed by atoms with Crippen LogP contribution >= 0.6 is 11.6 Å². The second kappa shape index (κ2) is 7.36. The third-order valence-electron chi connectivity index (χ3n) is 4.82. The van der Waals surface area contributed by atoms with E-state index in [2.05, 4.69) is 25.9 Å². The number of pyridine rings is 1. The first-order valence-electron chi connectivity index (χ1n) is 8.73. The molecule has 1 amide bonds. The van der Waals surface area contributed by atoms with Crippen LogP contribution in [0.4, 0.5) is 23.5 Å². The molecule has 2 aromatic heterocycles. The molecule has 0 saturated heterocycles. The van der Waals surface area contributed by atoms with E-state index >= 15 is 0 Å². The summed E-state index contributed by atoms with van der Waals surface area (Å²) < 4.78 is 52.4. The van der Waals surface area contributed by atoms with Gasteiger partial charge in [0.2, 0.25) is 5.95 Å². The fourth-order valence-electron chi connectivity index (χ4n) is 3.36. The van der Waals surface area contributed by atoms with Crippen molar-refractivity contribution in [3.8, 4) is 0 Å². The van der Waals surface area contributed by atoms with Crippen molar-refractivity contribution in [2.75, 3.05) is 11.6 Å². The molecule has 0 unspecified atom stereocenters. The molecule has 0 radical (unpaired) electrons. The van der Waals surface area contributed by atoms with E-state index in [-0.39, 0.29) is 12.5 Å². The average Bonchev–Trinajstić information content (AvgIpc) is 3.13. The predicted octanol–water partition coefficient (Wildman–Crippen LogP) is 2.66. The number of alkyl halides is 3. The SMILES string of the molecule is C[C@@H]1C2=C(CCN1C(=O)c1nccc(C(F)(F)F)c1Cl)N(c1ncc(F)cn1)NN2. The van der Waals surface area contributed by atoms with E-state index in [0.717, 1.165) is 30.4 Å². The topological polar surface area (TPSA) is 86.3 Å². The Balaban J connectivity index is 1.61. The van der Waals surface area contributed by atoms with Gasteiger partial charge in [-0.15, -0.1) is 5.53 Å². The van der Waals surface area contributed by atoms with Gasteiger partial charge in [0.25, 0.3) is 5.91 Å². The summed E-state index contributed by atoms with van der Waals surface area (Å²) in [5.41, 5.74) is 5.49. The molecule has 0 aliphatic carbocycles. The van der Waals surface area contributed by atoms with Crippen LogP contribution in [0, 0.1) is 5.82 Å². The van der Waals surface area contributed by atoms with Crippen LogP contribution in [0.3, 0.4) is 0 Å². The standard InChI is InChI=1S/C17H14ClF4N7O/c1-8-13-11(29(27-26-13)16-24-6-9(19)7-25-16)3-5-28(8)15(30)14-12(18)10(2-4-23-14)17(20,21)22/h2,4,6-8,26-27H,3,5H2,1H3/t8-/m1/s1. The summed E-state index contributed by atoms with van der Waals surface area (Å²) in [5.74, 6) is -1.11. The van der Waals surface area contributed by atoms with E-state index in [9.17, 15) is 22.4 Å². The van der Waals surface area contributed by atoms with Crippen LogP contribution in [0.1, 0.15) is 29.4 Å². The fraction of sp³-hybridized carbons (Fsp3) is 0.294. The van der Waals surface area contributed by atoms with E-state index in [1.54, 1.807) is 6.92 Å². The van der Waals surface area contributed by atoms with Gasteiger partial charge in [-0.25, -0.2) is 24.4 Å². The monoisotopic (exact) mass is 443 g/mol. The van der Waals surface area contributed by atoms with E-state index in [4.69, 9.17) is 11.6 Å². The highest BCUT2D eigenvalue weighted by Crippen LogP contribution is 2.37. The van der Waals surface area contributed by atoms with Crippen LogP contribution in [0.5, 0.6) is 0 Å². The molecule has 2 aromatic rings. The lowest BCUT2D eigenvalue weighted by molar-refractivity contribution is -0.137. The minimum atomic E-state index is -4.70. The molecule has 158 valence electrons. The van der Waals surface area contributed by atoms with Crippen molar-refractivity contribution in [3.05, 3.63) is 58.1 Å². The normalized spacial score (nSPS) is 19.1. The largest absolute Gasteiger partial charge is 0.417 e. The van der Waals surface area contributed by atoms with Crippen LogP contribution in [0.2, 0.25) is 5.02 Å². The highest BCUT2D eigenvalue weighted by molar-refractivity contribution is 6.34. The molecule has 4 rings (SSSR count). The highest BCUT2D eigenvalue weighted by atomic mass is 35.5. The molecule has 0 spiro atoms. The Kier molecular flexibility index (Phi) is 4.98. The molecule has 30 heavy (non-hydrogen) atoms. The lowest BCUT2D eigenvalue weighted by atomic mass is 10.0. The second-order valence-electron chi connectivity index (χ2n) is 6.58. The smallest absolute Gasteiger partial charge is 0.329 e. The van der Waals surface area contributed by atoms with E-state index < -0.39 is 40.2 Å². The number of carbonyl (C=O) groups excluding carboxylic acids is 1. The van der Waals surface area contributed by atoms with Crippen molar-refractivity contribution in [3.63, 3.8) is 0 Å². The molecule has 2 N–H and O–H groups in total. The number of aromatic nitrogens is 3. The fourth-order valence-corrected chi connectivity index (χ4v) is 3.66. The first-order valence-corrected chi connectivity index (χ1v) is 9.11. The van der Waals surface area contributed by atoms with Crippen molar-refractivity contribution in [1.29, 1.82) is 0 Å². The summed E-state index contributed by atoms with van der Waals surface area (Å²) in [6.07, 6.45) is -1.42. The number of nitrogens with one attached hydrogen (secondary N) is 2. The first kappa shape index (κ1) is 20.3. The Morgan fingerprint density at radius 1 is 1.27 bits per heavy atom. The zero-order valence-electron chi connectivity index (χ0n) is 15.3. The summed E-state index contributed by atoms with van der Waals surface area (Å²) in [6.45, 7) is 1.89. The number of hydrogen-bond donors (Lipinski definition) is 2. The van der Waals surface area contributed by atoms with Gasteiger partial charge in [-0.3, -0.25) is 4.79 Å². The zero-order valence-corrected chi connectivity index (χ0v) is 16.1. The summed E-state index contributed by atoms with van der Waals surface area (Å²) >= 11 is 5.86. The lowest BCUT2D eigenvalue weighted by Gasteiger charge is -2.34. The number of anilines is 1. The molecular formula is C17H14ClF4N7O. The van der Waals surface area contributed by atoms with Crippen LogP contribution in [0.25, 0.3) is 0 Å². The number of amides is 1. The zero-order chi connectivity index (χ0) is 21.6. The maximum absolute atomic E-state index is 13.1. The van der Waals surface area contributed by atoms with Gasteiger partial charge in [-0.1, -0.05) is 11.6 Å². The van der Waals surface area contributed by atoms with Crippen LogP contribution < -0.4 is 16.0 Å². The van der Waals surface area contributed by atoms with Gasteiger partial charge in [0.1, 0.15) is 5.69 Å². The third-order valence-corrected chi connectivity index (χ3v) is 5.21. The van der Waals surface area contributed by atoms with Gasteiger partial charge in [-0.05, 0) is 13.0 Å². The molecule has 8 nitrogen and oxygen atoms in total. The number of halogens is 5.